The summed E-state index contributed by atoms with van der Waals surface area (Å²) >= 11 is 0. The van der Waals surface area contributed by atoms with Crippen LogP contribution >= 0.6 is 0 Å². The number of nitrogens with zero attached hydrogens (tertiary/aromatic N) is 2. The first-order valence-electron chi connectivity index (χ1n) is 6.78. The number of rotatable bonds is 3. The number of sulfonamides is 1. The van der Waals surface area contributed by atoms with Crippen LogP contribution in [-0.4, -0.2) is 18.4 Å². The van der Waals surface area contributed by atoms with Gasteiger partial charge in [-0.3, -0.25) is 9.71 Å². The molecule has 22 heavy (non-hydrogen) atoms. The summed E-state index contributed by atoms with van der Waals surface area (Å²) < 4.78 is 27.9. The molecule has 5 nitrogen and oxygen atoms in total. The Morgan fingerprint density at radius 1 is 1.00 bits per heavy atom. The van der Waals surface area contributed by atoms with Crippen LogP contribution in [0.15, 0.2) is 53.6 Å². The van der Waals surface area contributed by atoms with E-state index in [4.69, 9.17) is 0 Å². The molecule has 6 heteroatoms. The number of hydrogen-bond donors (Lipinski definition) is 1. The summed E-state index contributed by atoms with van der Waals surface area (Å²) in [7, 11) is -3.73. The van der Waals surface area contributed by atoms with Gasteiger partial charge in [0.2, 0.25) is 0 Å². The van der Waals surface area contributed by atoms with Crippen molar-refractivity contribution in [2.45, 2.75) is 18.7 Å². The third-order valence-corrected chi connectivity index (χ3v) is 4.73. The van der Waals surface area contributed by atoms with E-state index in [1.807, 2.05) is 31.2 Å². The maximum absolute atomic E-state index is 12.7. The second-order valence-electron chi connectivity index (χ2n) is 5.03. The van der Waals surface area contributed by atoms with Gasteiger partial charge in [0.1, 0.15) is 0 Å². The van der Waals surface area contributed by atoms with E-state index >= 15 is 0 Å². The highest BCUT2D eigenvalue weighted by atomic mass is 32.2. The highest BCUT2D eigenvalue weighted by Crippen LogP contribution is 2.24. The number of anilines is 1. The lowest BCUT2D eigenvalue weighted by atomic mass is 10.1. The van der Waals surface area contributed by atoms with E-state index in [1.54, 1.807) is 25.1 Å². The van der Waals surface area contributed by atoms with Crippen molar-refractivity contribution in [3.05, 3.63) is 60.0 Å². The van der Waals surface area contributed by atoms with E-state index in [0.29, 0.717) is 11.1 Å². The van der Waals surface area contributed by atoms with E-state index < -0.39 is 10.0 Å². The molecule has 3 aromatic rings. The largest absolute Gasteiger partial charge is 0.263 e. The number of aryl methyl sites for hydroxylation is 2. The van der Waals surface area contributed by atoms with Crippen LogP contribution in [0.2, 0.25) is 0 Å². The first-order chi connectivity index (χ1) is 10.5. The minimum atomic E-state index is -3.73. The molecular formula is C16H15N3O2S. The molecule has 3 rings (SSSR count). The van der Waals surface area contributed by atoms with Crippen molar-refractivity contribution in [3.63, 3.8) is 0 Å². The third kappa shape index (κ3) is 2.65. The Morgan fingerprint density at radius 2 is 1.73 bits per heavy atom. The third-order valence-electron chi connectivity index (χ3n) is 3.34. The number of nitrogens with one attached hydrogen (secondary N) is 1. The van der Waals surface area contributed by atoms with Crippen molar-refractivity contribution in [3.8, 4) is 0 Å². The van der Waals surface area contributed by atoms with Crippen LogP contribution < -0.4 is 4.72 Å². The lowest BCUT2D eigenvalue weighted by Crippen LogP contribution is -2.16. The van der Waals surface area contributed by atoms with E-state index in [1.165, 1.54) is 6.20 Å². The first-order valence-corrected chi connectivity index (χ1v) is 8.26. The molecule has 1 aromatic heterocycles. The molecule has 0 saturated carbocycles. The van der Waals surface area contributed by atoms with Gasteiger partial charge in [0.15, 0.2) is 5.82 Å². The Kier molecular flexibility index (Phi) is 3.54. The molecule has 112 valence electrons. The van der Waals surface area contributed by atoms with Crippen LogP contribution in [0.4, 0.5) is 5.82 Å². The molecular weight excluding hydrogens is 298 g/mol. The molecule has 1 N–H and O–H groups in total. The van der Waals surface area contributed by atoms with E-state index in [9.17, 15) is 8.42 Å². The van der Waals surface area contributed by atoms with Crippen molar-refractivity contribution < 1.29 is 8.42 Å². The number of aromatic nitrogens is 2. The van der Waals surface area contributed by atoms with Crippen LogP contribution in [-0.2, 0) is 10.0 Å². The van der Waals surface area contributed by atoms with Gasteiger partial charge in [0, 0.05) is 5.39 Å². The fourth-order valence-corrected chi connectivity index (χ4v) is 3.61. The molecule has 0 aliphatic heterocycles. The summed E-state index contributed by atoms with van der Waals surface area (Å²) in [5.74, 6) is 0.249. The molecule has 0 bridgehead atoms. The van der Waals surface area contributed by atoms with Crippen LogP contribution in [0.3, 0.4) is 0 Å². The molecule has 0 atom stereocenters. The Labute approximate surface area is 129 Å². The van der Waals surface area contributed by atoms with Crippen molar-refractivity contribution in [2.75, 3.05) is 4.72 Å². The van der Waals surface area contributed by atoms with Gasteiger partial charge in [-0.2, -0.15) is 0 Å². The first kappa shape index (κ1) is 14.5. The zero-order chi connectivity index (χ0) is 15.7. The minimum Gasteiger partial charge on any atom is -0.262 e. The Hall–Kier alpha value is -2.47. The van der Waals surface area contributed by atoms with Crippen LogP contribution in [0, 0.1) is 13.8 Å². The lowest BCUT2D eigenvalue weighted by Gasteiger charge is -2.11. The molecule has 0 fully saturated rings. The van der Waals surface area contributed by atoms with Crippen LogP contribution in [0.1, 0.15) is 11.4 Å². The summed E-state index contributed by atoms with van der Waals surface area (Å²) in [5.41, 5.74) is 1.29. The highest BCUT2D eigenvalue weighted by molar-refractivity contribution is 7.93. The molecule has 0 aliphatic carbocycles. The Balaban J connectivity index is 2.09. The lowest BCUT2D eigenvalue weighted by molar-refractivity contribution is 0.601. The predicted octanol–water partition coefficient (Wildman–Crippen LogP) is 3.05. The monoisotopic (exact) mass is 313 g/mol. The molecule has 0 aliphatic rings. The zero-order valence-corrected chi connectivity index (χ0v) is 13.1. The van der Waals surface area contributed by atoms with Crippen molar-refractivity contribution >= 4 is 26.6 Å². The maximum Gasteiger partial charge on any atom is 0.263 e. The second kappa shape index (κ2) is 5.38. The van der Waals surface area contributed by atoms with E-state index in [0.717, 1.165) is 11.1 Å². The van der Waals surface area contributed by atoms with Crippen molar-refractivity contribution in [1.29, 1.82) is 0 Å². The molecule has 0 saturated heterocycles. The normalized spacial score (nSPS) is 11.5. The smallest absolute Gasteiger partial charge is 0.262 e. The Morgan fingerprint density at radius 3 is 2.50 bits per heavy atom. The maximum atomic E-state index is 12.7. The topological polar surface area (TPSA) is 72.0 Å². The van der Waals surface area contributed by atoms with Crippen molar-refractivity contribution in [1.82, 2.24) is 9.97 Å². The number of hydrogen-bond acceptors (Lipinski definition) is 4. The van der Waals surface area contributed by atoms with Gasteiger partial charge in [-0.05, 0) is 25.3 Å². The summed E-state index contributed by atoms with van der Waals surface area (Å²) in [4.78, 5) is 8.57. The van der Waals surface area contributed by atoms with Gasteiger partial charge in [0.25, 0.3) is 10.0 Å². The molecule has 0 amide bonds. The van der Waals surface area contributed by atoms with E-state index in [2.05, 4.69) is 14.7 Å². The fourth-order valence-electron chi connectivity index (χ4n) is 2.31. The van der Waals surface area contributed by atoms with Crippen LogP contribution in [0.25, 0.3) is 10.8 Å². The summed E-state index contributed by atoms with van der Waals surface area (Å²) in [6, 6.07) is 12.6. The molecule has 2 aromatic carbocycles. The molecule has 0 unspecified atom stereocenters. The number of fused-ring (bicyclic) bond motifs is 1. The molecule has 0 radical (unpaired) electrons. The number of benzene rings is 2. The zero-order valence-electron chi connectivity index (χ0n) is 12.2. The quantitative estimate of drug-likeness (QED) is 0.806. The highest BCUT2D eigenvalue weighted by Gasteiger charge is 2.19. The predicted molar refractivity (Wildman–Crippen MR) is 86.3 cm³/mol. The van der Waals surface area contributed by atoms with Gasteiger partial charge in [-0.15, -0.1) is 0 Å². The van der Waals surface area contributed by atoms with Gasteiger partial charge < -0.3 is 0 Å². The summed E-state index contributed by atoms with van der Waals surface area (Å²) in [6.45, 7) is 3.53. The Bertz CT molecular complexity index is 947. The summed E-state index contributed by atoms with van der Waals surface area (Å²) in [5, 5.41) is 1.55. The fraction of sp³-hybridized carbons (Fsp3) is 0.125. The van der Waals surface area contributed by atoms with Crippen molar-refractivity contribution in [2.24, 2.45) is 0 Å². The van der Waals surface area contributed by atoms with Crippen LogP contribution in [0.5, 0.6) is 0 Å². The molecule has 0 spiro atoms. The summed E-state index contributed by atoms with van der Waals surface area (Å²) in [6.07, 6.45) is 1.54. The average molecular weight is 313 g/mol. The minimum absolute atomic E-state index is 0.229. The standard InChI is InChI=1S/C16H15N3O2S/c1-11-10-17-16(12(2)18-11)19-22(20,21)15-9-5-7-13-6-3-4-8-14(13)15/h3-10H,1-2H3,(H,17,19). The average Bonchev–Trinajstić information content (AvgIpc) is 2.49. The van der Waals surface area contributed by atoms with Gasteiger partial charge in [-0.1, -0.05) is 36.4 Å². The van der Waals surface area contributed by atoms with Gasteiger partial charge >= 0.3 is 0 Å². The van der Waals surface area contributed by atoms with E-state index in [-0.39, 0.29) is 10.7 Å². The van der Waals surface area contributed by atoms with Gasteiger partial charge in [-0.25, -0.2) is 13.4 Å². The molecule has 1 heterocycles. The second-order valence-corrected chi connectivity index (χ2v) is 6.68. The van der Waals surface area contributed by atoms with Gasteiger partial charge in [0.05, 0.1) is 22.5 Å². The SMILES string of the molecule is Cc1cnc(NS(=O)(=O)c2cccc3ccccc23)c(C)n1.